The number of azide groups is 1. The minimum Gasteiger partial charge on any atom is -0.379 e. The van der Waals surface area contributed by atoms with Gasteiger partial charge in [0.05, 0.1) is 13.2 Å². The average molecular weight is 218 g/mol. The number of ether oxygens (including phenoxy) is 1. The van der Waals surface area contributed by atoms with Crippen LogP contribution in [0.3, 0.4) is 0 Å². The van der Waals surface area contributed by atoms with Crippen molar-refractivity contribution in [2.24, 2.45) is 5.11 Å². The largest absolute Gasteiger partial charge is 0.379 e. The molecular formula is C11H14N4O. The summed E-state index contributed by atoms with van der Waals surface area (Å²) < 4.78 is 5.29. The van der Waals surface area contributed by atoms with Gasteiger partial charge < -0.3 is 4.74 Å². The summed E-state index contributed by atoms with van der Waals surface area (Å²) in [5.74, 6) is 0. The second-order valence-electron chi connectivity index (χ2n) is 3.71. The van der Waals surface area contributed by atoms with Gasteiger partial charge >= 0.3 is 0 Å². The molecule has 1 aromatic rings. The van der Waals surface area contributed by atoms with E-state index in [0.717, 1.165) is 44.1 Å². The Balaban J connectivity index is 2.10. The van der Waals surface area contributed by atoms with Crippen molar-refractivity contribution >= 4 is 5.69 Å². The Kier molecular flexibility index (Phi) is 3.77. The van der Waals surface area contributed by atoms with Gasteiger partial charge in [0.2, 0.25) is 0 Å². The molecular weight excluding hydrogens is 204 g/mol. The zero-order valence-electron chi connectivity index (χ0n) is 9.04. The smallest absolute Gasteiger partial charge is 0.0594 e. The minimum absolute atomic E-state index is 0.719. The van der Waals surface area contributed by atoms with Crippen molar-refractivity contribution in [1.82, 2.24) is 4.90 Å². The number of nitrogens with zero attached hydrogens (tertiary/aromatic N) is 4. The molecule has 0 aromatic heterocycles. The first-order valence-corrected chi connectivity index (χ1v) is 5.33. The molecule has 0 amide bonds. The van der Waals surface area contributed by atoms with Crippen molar-refractivity contribution < 1.29 is 4.74 Å². The monoisotopic (exact) mass is 218 g/mol. The van der Waals surface area contributed by atoms with Crippen LogP contribution < -0.4 is 0 Å². The summed E-state index contributed by atoms with van der Waals surface area (Å²) in [6.07, 6.45) is 0. The highest BCUT2D eigenvalue weighted by atomic mass is 16.5. The number of hydrogen-bond acceptors (Lipinski definition) is 3. The number of hydrogen-bond donors (Lipinski definition) is 0. The maximum Gasteiger partial charge on any atom is 0.0594 e. The van der Waals surface area contributed by atoms with Crippen molar-refractivity contribution in [3.05, 3.63) is 40.3 Å². The van der Waals surface area contributed by atoms with E-state index in [9.17, 15) is 0 Å². The van der Waals surface area contributed by atoms with Crippen molar-refractivity contribution in [3.63, 3.8) is 0 Å². The zero-order valence-corrected chi connectivity index (χ0v) is 9.04. The van der Waals surface area contributed by atoms with Gasteiger partial charge in [-0.15, -0.1) is 0 Å². The number of morpholine rings is 1. The summed E-state index contributed by atoms with van der Waals surface area (Å²) in [6, 6.07) is 7.69. The summed E-state index contributed by atoms with van der Waals surface area (Å²) >= 11 is 0. The molecule has 1 heterocycles. The van der Waals surface area contributed by atoms with Gasteiger partial charge in [0, 0.05) is 30.2 Å². The molecule has 1 fully saturated rings. The van der Waals surface area contributed by atoms with E-state index < -0.39 is 0 Å². The first kappa shape index (κ1) is 11.0. The normalized spacial score (nSPS) is 16.8. The minimum atomic E-state index is 0.719. The maximum absolute atomic E-state index is 8.47. The van der Waals surface area contributed by atoms with Gasteiger partial charge in [-0.3, -0.25) is 4.90 Å². The second kappa shape index (κ2) is 5.51. The summed E-state index contributed by atoms with van der Waals surface area (Å²) in [5.41, 5.74) is 10.3. The fraction of sp³-hybridized carbons (Fsp3) is 0.455. The predicted octanol–water partition coefficient (Wildman–Crippen LogP) is 2.46. The van der Waals surface area contributed by atoms with Gasteiger partial charge in [-0.05, 0) is 11.1 Å². The van der Waals surface area contributed by atoms with E-state index in [0.29, 0.717) is 0 Å². The van der Waals surface area contributed by atoms with E-state index in [1.54, 1.807) is 0 Å². The first-order chi connectivity index (χ1) is 7.90. The van der Waals surface area contributed by atoms with Gasteiger partial charge in [0.1, 0.15) is 0 Å². The van der Waals surface area contributed by atoms with Crippen molar-refractivity contribution in [2.45, 2.75) is 6.54 Å². The lowest BCUT2D eigenvalue weighted by molar-refractivity contribution is 0.0342. The van der Waals surface area contributed by atoms with Gasteiger partial charge in [0.15, 0.2) is 0 Å². The van der Waals surface area contributed by atoms with Crippen LogP contribution in [-0.2, 0) is 11.3 Å². The predicted molar refractivity (Wildman–Crippen MR) is 61.3 cm³/mol. The SMILES string of the molecule is [N-]=[N+]=Nc1ccccc1CN1CCOCC1. The number of benzene rings is 1. The average Bonchev–Trinajstić information content (AvgIpc) is 2.33. The molecule has 1 aliphatic rings. The third-order valence-electron chi connectivity index (χ3n) is 2.64. The Bertz CT molecular complexity index is 395. The van der Waals surface area contributed by atoms with Crippen LogP contribution in [-0.4, -0.2) is 31.2 Å². The topological polar surface area (TPSA) is 61.2 Å². The molecule has 5 nitrogen and oxygen atoms in total. The van der Waals surface area contributed by atoms with E-state index in [-0.39, 0.29) is 0 Å². The summed E-state index contributed by atoms with van der Waals surface area (Å²) in [6.45, 7) is 4.25. The van der Waals surface area contributed by atoms with E-state index in [1.807, 2.05) is 24.3 Å². The highest BCUT2D eigenvalue weighted by Crippen LogP contribution is 2.20. The van der Waals surface area contributed by atoms with Crippen LogP contribution in [0.1, 0.15) is 5.56 Å². The summed E-state index contributed by atoms with van der Waals surface area (Å²) in [7, 11) is 0. The molecule has 1 saturated heterocycles. The summed E-state index contributed by atoms with van der Waals surface area (Å²) in [5, 5.41) is 3.69. The Hall–Kier alpha value is -1.55. The van der Waals surface area contributed by atoms with E-state index in [2.05, 4.69) is 14.9 Å². The lowest BCUT2D eigenvalue weighted by Gasteiger charge is -2.26. The van der Waals surface area contributed by atoms with Gasteiger partial charge in [-0.25, -0.2) is 0 Å². The zero-order chi connectivity index (χ0) is 11.2. The summed E-state index contributed by atoms with van der Waals surface area (Å²) in [4.78, 5) is 5.14. The molecule has 0 N–H and O–H groups in total. The fourth-order valence-corrected chi connectivity index (χ4v) is 1.79. The van der Waals surface area contributed by atoms with Crippen LogP contribution in [0.2, 0.25) is 0 Å². The maximum atomic E-state index is 8.47. The Morgan fingerprint density at radius 3 is 2.81 bits per heavy atom. The third-order valence-corrected chi connectivity index (χ3v) is 2.64. The van der Waals surface area contributed by atoms with E-state index in [1.165, 1.54) is 0 Å². The molecule has 0 saturated carbocycles. The van der Waals surface area contributed by atoms with E-state index >= 15 is 0 Å². The van der Waals surface area contributed by atoms with Crippen LogP contribution in [0.4, 0.5) is 5.69 Å². The quantitative estimate of drug-likeness (QED) is 0.444. The van der Waals surface area contributed by atoms with Gasteiger partial charge in [-0.2, -0.15) is 0 Å². The molecule has 0 radical (unpaired) electrons. The molecule has 84 valence electrons. The molecule has 1 aromatic carbocycles. The van der Waals surface area contributed by atoms with Gasteiger partial charge in [0.25, 0.3) is 0 Å². The van der Waals surface area contributed by atoms with Crippen LogP contribution in [0.15, 0.2) is 29.4 Å². The standard InChI is InChI=1S/C11H14N4O/c12-14-13-11-4-2-1-3-10(11)9-15-5-7-16-8-6-15/h1-4H,5-9H2. The molecule has 0 spiro atoms. The first-order valence-electron chi connectivity index (χ1n) is 5.33. The van der Waals surface area contributed by atoms with Crippen LogP contribution in [0, 0.1) is 0 Å². The van der Waals surface area contributed by atoms with Crippen LogP contribution in [0.5, 0.6) is 0 Å². The molecule has 0 bridgehead atoms. The second-order valence-corrected chi connectivity index (χ2v) is 3.71. The van der Waals surface area contributed by atoms with Crippen molar-refractivity contribution in [3.8, 4) is 0 Å². The lowest BCUT2D eigenvalue weighted by atomic mass is 10.1. The Morgan fingerprint density at radius 2 is 2.06 bits per heavy atom. The molecule has 1 aliphatic heterocycles. The number of rotatable bonds is 3. The highest BCUT2D eigenvalue weighted by Gasteiger charge is 2.11. The molecule has 0 aliphatic carbocycles. The molecule has 0 unspecified atom stereocenters. The van der Waals surface area contributed by atoms with Crippen molar-refractivity contribution in [1.29, 1.82) is 0 Å². The molecule has 5 heteroatoms. The van der Waals surface area contributed by atoms with Crippen molar-refractivity contribution in [2.75, 3.05) is 26.3 Å². The fourth-order valence-electron chi connectivity index (χ4n) is 1.79. The lowest BCUT2D eigenvalue weighted by Crippen LogP contribution is -2.35. The molecule has 2 rings (SSSR count). The highest BCUT2D eigenvalue weighted by molar-refractivity contribution is 5.45. The molecule has 16 heavy (non-hydrogen) atoms. The van der Waals surface area contributed by atoms with Crippen LogP contribution >= 0.6 is 0 Å². The Morgan fingerprint density at radius 1 is 1.31 bits per heavy atom. The van der Waals surface area contributed by atoms with Crippen LogP contribution in [0.25, 0.3) is 10.4 Å². The van der Waals surface area contributed by atoms with Gasteiger partial charge in [-0.1, -0.05) is 29.4 Å². The Labute approximate surface area is 94.3 Å². The molecule has 0 atom stereocenters. The third kappa shape index (κ3) is 2.73. The van der Waals surface area contributed by atoms with E-state index in [4.69, 9.17) is 10.3 Å².